The van der Waals surface area contributed by atoms with Crippen molar-refractivity contribution in [2.24, 2.45) is 0 Å². The minimum atomic E-state index is -0.750. The van der Waals surface area contributed by atoms with Gasteiger partial charge >= 0.3 is 11.9 Å². The number of nitrogens with one attached hydrogen (secondary N) is 1. The zero-order valence-electron chi connectivity index (χ0n) is 13.0. The smallest absolute Gasteiger partial charge is 0.346 e. The number of esters is 2. The summed E-state index contributed by atoms with van der Waals surface area (Å²) in [7, 11) is 1.22. The normalized spacial score (nSPS) is 12.3. The zero-order valence-corrected chi connectivity index (χ0v) is 13.0. The highest BCUT2D eigenvalue weighted by molar-refractivity contribution is 6.18. The molecule has 2 heterocycles. The van der Waals surface area contributed by atoms with Crippen LogP contribution in [0.1, 0.15) is 26.3 Å². The van der Waals surface area contributed by atoms with Gasteiger partial charge in [-0.2, -0.15) is 0 Å². The lowest BCUT2D eigenvalue weighted by atomic mass is 10.1. The van der Waals surface area contributed by atoms with Crippen LogP contribution >= 0.6 is 0 Å². The molecule has 6 nitrogen and oxygen atoms in total. The minimum absolute atomic E-state index is 0.177. The molecule has 0 unspecified atom stereocenters. The van der Waals surface area contributed by atoms with Crippen molar-refractivity contribution < 1.29 is 19.1 Å². The Morgan fingerprint density at radius 1 is 1.27 bits per heavy atom. The fraction of sp³-hybridized carbons (Fsp3) is 0.312. The van der Waals surface area contributed by atoms with Gasteiger partial charge in [0.05, 0.1) is 18.1 Å². The van der Waals surface area contributed by atoms with Crippen molar-refractivity contribution in [3.8, 4) is 0 Å². The summed E-state index contributed by atoms with van der Waals surface area (Å²) in [4.78, 5) is 31.3. The predicted octanol–water partition coefficient (Wildman–Crippen LogP) is 2.46. The van der Waals surface area contributed by atoms with Gasteiger partial charge in [-0.1, -0.05) is 0 Å². The summed E-state index contributed by atoms with van der Waals surface area (Å²) >= 11 is 0. The van der Waals surface area contributed by atoms with Crippen LogP contribution in [0, 0.1) is 0 Å². The standard InChI is InChI=1S/C16H18N2O4/c1-16(2,3)22-15(20)11(14(19)21-4)8-10-9-18-12-6-5-7-17-13(10)12/h5-9,18H,1-4H3. The van der Waals surface area contributed by atoms with E-state index in [-0.39, 0.29) is 5.57 Å². The van der Waals surface area contributed by atoms with E-state index in [1.165, 1.54) is 13.2 Å². The number of hydrogen-bond donors (Lipinski definition) is 1. The molecule has 2 aromatic rings. The van der Waals surface area contributed by atoms with Crippen LogP contribution in [-0.2, 0) is 19.1 Å². The number of carbonyl (C=O) groups is 2. The van der Waals surface area contributed by atoms with Gasteiger partial charge in [0.15, 0.2) is 0 Å². The molecule has 0 bridgehead atoms. The van der Waals surface area contributed by atoms with Crippen LogP contribution in [0.2, 0.25) is 0 Å². The van der Waals surface area contributed by atoms with Crippen LogP contribution < -0.4 is 0 Å². The second-order valence-electron chi connectivity index (χ2n) is 5.70. The first-order chi connectivity index (χ1) is 10.3. The molecule has 0 saturated heterocycles. The van der Waals surface area contributed by atoms with E-state index in [0.29, 0.717) is 11.1 Å². The van der Waals surface area contributed by atoms with Gasteiger partial charge in [-0.05, 0) is 39.0 Å². The van der Waals surface area contributed by atoms with E-state index in [2.05, 4.69) is 14.7 Å². The molecule has 0 amide bonds. The third kappa shape index (κ3) is 3.52. The van der Waals surface area contributed by atoms with Crippen LogP contribution in [0.15, 0.2) is 30.1 Å². The van der Waals surface area contributed by atoms with Crippen LogP contribution in [0.3, 0.4) is 0 Å². The molecule has 0 radical (unpaired) electrons. The van der Waals surface area contributed by atoms with Crippen molar-refractivity contribution in [3.63, 3.8) is 0 Å². The van der Waals surface area contributed by atoms with Crippen molar-refractivity contribution in [2.45, 2.75) is 26.4 Å². The molecule has 0 atom stereocenters. The van der Waals surface area contributed by atoms with Crippen molar-refractivity contribution >= 4 is 29.0 Å². The summed E-state index contributed by atoms with van der Waals surface area (Å²) in [6, 6.07) is 3.65. The average Bonchev–Trinajstić information content (AvgIpc) is 2.85. The van der Waals surface area contributed by atoms with Gasteiger partial charge in [-0.3, -0.25) is 4.98 Å². The number of fused-ring (bicyclic) bond motifs is 1. The molecule has 2 rings (SSSR count). The number of hydrogen-bond acceptors (Lipinski definition) is 5. The molecule has 0 aromatic carbocycles. The highest BCUT2D eigenvalue weighted by Crippen LogP contribution is 2.20. The number of rotatable bonds is 3. The van der Waals surface area contributed by atoms with Crippen LogP contribution in [0.5, 0.6) is 0 Å². The van der Waals surface area contributed by atoms with Crippen molar-refractivity contribution in [3.05, 3.63) is 35.7 Å². The number of H-pyrrole nitrogens is 1. The number of aromatic amines is 1. The first-order valence-electron chi connectivity index (χ1n) is 6.77. The van der Waals surface area contributed by atoms with E-state index in [4.69, 9.17) is 4.74 Å². The van der Waals surface area contributed by atoms with Crippen LogP contribution in [-0.4, -0.2) is 34.6 Å². The summed E-state index contributed by atoms with van der Waals surface area (Å²) in [5.74, 6) is -1.48. The first kappa shape index (κ1) is 15.8. The second-order valence-corrected chi connectivity index (χ2v) is 5.70. The number of carbonyl (C=O) groups excluding carboxylic acids is 2. The van der Waals surface area contributed by atoms with Crippen LogP contribution in [0.4, 0.5) is 0 Å². The Morgan fingerprint density at radius 3 is 2.64 bits per heavy atom. The number of nitrogens with zero attached hydrogens (tertiary/aromatic N) is 1. The minimum Gasteiger partial charge on any atom is -0.465 e. The predicted molar refractivity (Wildman–Crippen MR) is 81.9 cm³/mol. The summed E-state index contributed by atoms with van der Waals surface area (Å²) in [5, 5.41) is 0. The molecule has 0 aliphatic rings. The quantitative estimate of drug-likeness (QED) is 0.407. The number of pyridine rings is 1. The summed E-state index contributed by atoms with van der Waals surface area (Å²) in [6.07, 6.45) is 4.73. The van der Waals surface area contributed by atoms with Gasteiger partial charge in [-0.25, -0.2) is 9.59 Å². The average molecular weight is 302 g/mol. The maximum absolute atomic E-state index is 12.2. The summed E-state index contributed by atoms with van der Waals surface area (Å²) < 4.78 is 9.92. The topological polar surface area (TPSA) is 81.3 Å². The molecule has 116 valence electrons. The number of methoxy groups -OCH3 is 1. The zero-order chi connectivity index (χ0) is 16.3. The lowest BCUT2D eigenvalue weighted by Crippen LogP contribution is -2.27. The van der Waals surface area contributed by atoms with Crippen molar-refractivity contribution in [2.75, 3.05) is 7.11 Å². The molecule has 1 N–H and O–H groups in total. The molecule has 6 heteroatoms. The number of ether oxygens (including phenoxy) is 2. The molecule has 22 heavy (non-hydrogen) atoms. The molecule has 0 fully saturated rings. The Hall–Kier alpha value is -2.63. The van der Waals surface area contributed by atoms with E-state index >= 15 is 0 Å². The molecule has 0 saturated carbocycles. The Morgan fingerprint density at radius 2 is 2.00 bits per heavy atom. The van der Waals surface area contributed by atoms with Gasteiger partial charge in [0.2, 0.25) is 0 Å². The molecule has 0 aliphatic heterocycles. The van der Waals surface area contributed by atoms with E-state index in [9.17, 15) is 9.59 Å². The van der Waals surface area contributed by atoms with E-state index in [1.807, 2.05) is 6.07 Å². The van der Waals surface area contributed by atoms with E-state index < -0.39 is 17.5 Å². The van der Waals surface area contributed by atoms with E-state index in [1.54, 1.807) is 39.2 Å². The monoisotopic (exact) mass is 302 g/mol. The Kier molecular flexibility index (Phi) is 4.30. The van der Waals surface area contributed by atoms with Crippen molar-refractivity contribution in [1.82, 2.24) is 9.97 Å². The lowest BCUT2D eigenvalue weighted by Gasteiger charge is -2.19. The summed E-state index contributed by atoms with van der Waals surface area (Å²) in [5.41, 5.74) is 1.20. The van der Waals surface area contributed by atoms with Gasteiger partial charge in [0, 0.05) is 18.0 Å². The highest BCUT2D eigenvalue weighted by Gasteiger charge is 2.26. The van der Waals surface area contributed by atoms with Gasteiger partial charge in [-0.15, -0.1) is 0 Å². The van der Waals surface area contributed by atoms with Crippen molar-refractivity contribution in [1.29, 1.82) is 0 Å². The Labute approximate surface area is 128 Å². The third-order valence-electron chi connectivity index (χ3n) is 2.79. The van der Waals surface area contributed by atoms with Gasteiger partial charge in [0.25, 0.3) is 0 Å². The molecular formula is C16H18N2O4. The van der Waals surface area contributed by atoms with Crippen LogP contribution in [0.25, 0.3) is 17.1 Å². The van der Waals surface area contributed by atoms with E-state index in [0.717, 1.165) is 5.52 Å². The molecule has 2 aromatic heterocycles. The number of aromatic nitrogens is 2. The molecule has 0 aliphatic carbocycles. The fourth-order valence-corrected chi connectivity index (χ4v) is 1.89. The highest BCUT2D eigenvalue weighted by atomic mass is 16.6. The fourth-order valence-electron chi connectivity index (χ4n) is 1.89. The van der Waals surface area contributed by atoms with Gasteiger partial charge < -0.3 is 14.5 Å². The third-order valence-corrected chi connectivity index (χ3v) is 2.79. The second kappa shape index (κ2) is 6.01. The van der Waals surface area contributed by atoms with Gasteiger partial charge in [0.1, 0.15) is 11.2 Å². The maximum Gasteiger partial charge on any atom is 0.346 e. The Balaban J connectivity index is 2.45. The largest absolute Gasteiger partial charge is 0.465 e. The Bertz CT molecular complexity index is 738. The maximum atomic E-state index is 12.2. The SMILES string of the molecule is COC(=O)C(=Cc1c[nH]c2cccnc12)C(=O)OC(C)(C)C. The molecule has 0 spiro atoms. The summed E-state index contributed by atoms with van der Waals surface area (Å²) in [6.45, 7) is 5.19. The lowest BCUT2D eigenvalue weighted by molar-refractivity contribution is -0.153. The molecular weight excluding hydrogens is 284 g/mol. The first-order valence-corrected chi connectivity index (χ1v) is 6.77.